The van der Waals surface area contributed by atoms with Crippen LogP contribution in [0.3, 0.4) is 0 Å². The highest BCUT2D eigenvalue weighted by Crippen LogP contribution is 2.43. The van der Waals surface area contributed by atoms with Crippen LogP contribution in [0.15, 0.2) is 186 Å². The first-order chi connectivity index (χ1) is 27.7. The molecule has 0 aliphatic heterocycles. The normalized spacial score (nSPS) is 11.9. The average Bonchev–Trinajstić information content (AvgIpc) is 3.80. The van der Waals surface area contributed by atoms with E-state index in [9.17, 15) is 0 Å². The van der Waals surface area contributed by atoms with Gasteiger partial charge in [-0.15, -0.1) is 0 Å². The molecule has 0 saturated heterocycles. The maximum Gasteiger partial charge on any atom is 0.166 e. The Morgan fingerprint density at radius 3 is 1.82 bits per heavy atom. The van der Waals surface area contributed by atoms with Crippen molar-refractivity contribution < 1.29 is 4.42 Å². The predicted molar refractivity (Wildman–Crippen MR) is 230 cm³/mol. The molecular weight excluding hydrogens is 685 g/mol. The monoisotopic (exact) mass is 714 g/mol. The van der Waals surface area contributed by atoms with Gasteiger partial charge in [0.2, 0.25) is 0 Å². The fourth-order valence-corrected chi connectivity index (χ4v) is 8.57. The van der Waals surface area contributed by atoms with Gasteiger partial charge in [-0.1, -0.05) is 140 Å². The van der Waals surface area contributed by atoms with Gasteiger partial charge in [-0.2, -0.15) is 0 Å². The van der Waals surface area contributed by atoms with Crippen molar-refractivity contribution in [3.8, 4) is 39.9 Å². The van der Waals surface area contributed by atoms with Crippen molar-refractivity contribution in [1.82, 2.24) is 19.5 Å². The van der Waals surface area contributed by atoms with Crippen LogP contribution in [0.4, 0.5) is 0 Å². The number of aromatic nitrogens is 4. The molecule has 0 amide bonds. The second kappa shape index (κ2) is 11.9. The molecule has 0 aliphatic carbocycles. The molecule has 3 heterocycles. The highest BCUT2D eigenvalue weighted by molar-refractivity contribution is 6.16. The zero-order valence-corrected chi connectivity index (χ0v) is 30.0. The minimum atomic E-state index is 0.565. The van der Waals surface area contributed by atoms with Gasteiger partial charge in [0.05, 0.1) is 11.0 Å². The van der Waals surface area contributed by atoms with Crippen molar-refractivity contribution in [2.75, 3.05) is 0 Å². The molecule has 56 heavy (non-hydrogen) atoms. The SMILES string of the molecule is c1ccc2cc(-c3nc(-c4ccc5c(oc6ccccc65)c4-n4c5ccccc5c5cc6ccccc6cc54)nc(-c4cccc5ccccc45)n3)ccc2c1. The first-order valence-corrected chi connectivity index (χ1v) is 18.9. The van der Waals surface area contributed by atoms with Crippen molar-refractivity contribution in [1.29, 1.82) is 0 Å². The summed E-state index contributed by atoms with van der Waals surface area (Å²) < 4.78 is 9.25. The van der Waals surface area contributed by atoms with Gasteiger partial charge >= 0.3 is 0 Å². The molecule has 0 atom stereocenters. The number of fused-ring (bicyclic) bond motifs is 9. The van der Waals surface area contributed by atoms with Crippen LogP contribution in [0.5, 0.6) is 0 Å². The molecule has 0 saturated carbocycles. The van der Waals surface area contributed by atoms with Crippen LogP contribution in [-0.2, 0) is 0 Å². The lowest BCUT2D eigenvalue weighted by molar-refractivity contribution is 0.666. The van der Waals surface area contributed by atoms with E-state index in [1.807, 2.05) is 12.1 Å². The van der Waals surface area contributed by atoms with E-state index in [0.717, 1.165) is 82.3 Å². The molecule has 0 aliphatic rings. The topological polar surface area (TPSA) is 56.7 Å². The van der Waals surface area contributed by atoms with E-state index in [0.29, 0.717) is 17.5 Å². The zero-order valence-electron chi connectivity index (χ0n) is 30.0. The molecule has 5 heteroatoms. The number of rotatable bonds is 4. The number of furan rings is 1. The Morgan fingerprint density at radius 1 is 0.357 bits per heavy atom. The van der Waals surface area contributed by atoms with Crippen LogP contribution in [0.25, 0.3) is 116 Å². The summed E-state index contributed by atoms with van der Waals surface area (Å²) in [6.07, 6.45) is 0. The van der Waals surface area contributed by atoms with Crippen LogP contribution in [-0.4, -0.2) is 19.5 Å². The van der Waals surface area contributed by atoms with Crippen molar-refractivity contribution in [3.63, 3.8) is 0 Å². The molecule has 12 aromatic rings. The highest BCUT2D eigenvalue weighted by Gasteiger charge is 2.25. The number of benzene rings is 9. The fourth-order valence-electron chi connectivity index (χ4n) is 8.57. The Balaban J connectivity index is 1.22. The maximum atomic E-state index is 6.90. The van der Waals surface area contributed by atoms with E-state index in [4.69, 9.17) is 19.4 Å². The zero-order chi connectivity index (χ0) is 36.7. The summed E-state index contributed by atoms with van der Waals surface area (Å²) in [5.41, 5.74) is 7.36. The lowest BCUT2D eigenvalue weighted by Crippen LogP contribution is -2.04. The molecule has 5 nitrogen and oxygen atoms in total. The number of hydrogen-bond donors (Lipinski definition) is 0. The molecule has 9 aromatic carbocycles. The van der Waals surface area contributed by atoms with Gasteiger partial charge in [-0.3, -0.25) is 0 Å². The molecule has 0 spiro atoms. The van der Waals surface area contributed by atoms with Crippen LogP contribution in [0.1, 0.15) is 0 Å². The Hall–Kier alpha value is -7.63. The van der Waals surface area contributed by atoms with Crippen LogP contribution in [0, 0.1) is 0 Å². The van der Waals surface area contributed by atoms with Gasteiger partial charge in [-0.05, 0) is 74.8 Å². The molecular formula is C51H30N4O. The summed E-state index contributed by atoms with van der Waals surface area (Å²) in [5.74, 6) is 1.78. The summed E-state index contributed by atoms with van der Waals surface area (Å²) in [6, 6.07) is 63.9. The third-order valence-corrected chi connectivity index (χ3v) is 11.2. The summed E-state index contributed by atoms with van der Waals surface area (Å²) in [6.45, 7) is 0. The van der Waals surface area contributed by atoms with Gasteiger partial charge in [-0.25, -0.2) is 15.0 Å². The molecule has 0 fully saturated rings. The van der Waals surface area contributed by atoms with E-state index in [2.05, 4.69) is 174 Å². The fraction of sp³-hybridized carbons (Fsp3) is 0. The average molecular weight is 715 g/mol. The smallest absolute Gasteiger partial charge is 0.166 e. The third-order valence-electron chi connectivity index (χ3n) is 11.2. The van der Waals surface area contributed by atoms with Crippen molar-refractivity contribution in [2.45, 2.75) is 0 Å². The van der Waals surface area contributed by atoms with Crippen LogP contribution in [0.2, 0.25) is 0 Å². The summed E-state index contributed by atoms with van der Waals surface area (Å²) >= 11 is 0. The Morgan fingerprint density at radius 2 is 0.982 bits per heavy atom. The molecule has 3 aromatic heterocycles. The van der Waals surface area contributed by atoms with E-state index in [-0.39, 0.29) is 0 Å². The van der Waals surface area contributed by atoms with Gasteiger partial charge in [0.1, 0.15) is 11.3 Å². The number of nitrogens with zero attached hydrogens (tertiary/aromatic N) is 4. The summed E-state index contributed by atoms with van der Waals surface area (Å²) in [4.78, 5) is 16.0. The van der Waals surface area contributed by atoms with Crippen molar-refractivity contribution in [2.24, 2.45) is 0 Å². The lowest BCUT2D eigenvalue weighted by atomic mass is 10.0. The van der Waals surface area contributed by atoms with E-state index in [1.165, 1.54) is 16.2 Å². The third kappa shape index (κ3) is 4.64. The van der Waals surface area contributed by atoms with Gasteiger partial charge in [0, 0.05) is 38.2 Å². The van der Waals surface area contributed by atoms with Gasteiger partial charge in [0.25, 0.3) is 0 Å². The second-order valence-corrected chi connectivity index (χ2v) is 14.4. The number of hydrogen-bond acceptors (Lipinski definition) is 4. The molecule has 0 unspecified atom stereocenters. The Labute approximate surface area is 320 Å². The minimum absolute atomic E-state index is 0.565. The standard InChI is InChI=1S/C51H30N4O/c1-2-14-33-28-36(25-24-31(33)12-1)49-52-50(41-21-11-17-32-13-5-6-18-37(32)41)54-51(53-49)42-27-26-40-39-20-8-10-23-46(39)56-48(40)47(42)55-44-22-9-7-19-38(44)43-29-34-15-3-4-16-35(34)30-45(43)55/h1-30H. The second-order valence-electron chi connectivity index (χ2n) is 14.4. The molecule has 0 bridgehead atoms. The molecule has 0 N–H and O–H groups in total. The van der Waals surface area contributed by atoms with Crippen LogP contribution < -0.4 is 0 Å². The largest absolute Gasteiger partial charge is 0.454 e. The Kier molecular flexibility index (Phi) is 6.56. The predicted octanol–water partition coefficient (Wildman–Crippen LogP) is 13.3. The van der Waals surface area contributed by atoms with Crippen LogP contribution >= 0.6 is 0 Å². The highest BCUT2D eigenvalue weighted by atomic mass is 16.3. The first-order valence-electron chi connectivity index (χ1n) is 18.9. The van der Waals surface area contributed by atoms with Crippen molar-refractivity contribution >= 4 is 76.1 Å². The molecule has 0 radical (unpaired) electrons. The van der Waals surface area contributed by atoms with E-state index >= 15 is 0 Å². The molecule has 260 valence electrons. The van der Waals surface area contributed by atoms with E-state index in [1.54, 1.807) is 0 Å². The maximum absolute atomic E-state index is 6.90. The first kappa shape index (κ1) is 30.8. The van der Waals surface area contributed by atoms with E-state index < -0.39 is 0 Å². The lowest BCUT2D eigenvalue weighted by Gasteiger charge is -2.16. The van der Waals surface area contributed by atoms with Crippen molar-refractivity contribution in [3.05, 3.63) is 182 Å². The number of para-hydroxylation sites is 2. The Bertz CT molecular complexity index is 3550. The summed E-state index contributed by atoms with van der Waals surface area (Å²) in [5, 5.41) is 11.3. The summed E-state index contributed by atoms with van der Waals surface area (Å²) in [7, 11) is 0. The molecule has 12 rings (SSSR count). The van der Waals surface area contributed by atoms with Gasteiger partial charge in [0.15, 0.2) is 23.1 Å². The quantitative estimate of drug-likeness (QED) is 0.182. The van der Waals surface area contributed by atoms with Gasteiger partial charge < -0.3 is 8.98 Å². The minimum Gasteiger partial charge on any atom is -0.454 e.